The summed E-state index contributed by atoms with van der Waals surface area (Å²) in [5.41, 5.74) is 0.889. The lowest BCUT2D eigenvalue weighted by Crippen LogP contribution is -2.40. The largest absolute Gasteiger partial charge is 0.451 e. The molecule has 0 aliphatic heterocycles. The van der Waals surface area contributed by atoms with E-state index in [1.54, 1.807) is 0 Å². The summed E-state index contributed by atoms with van der Waals surface area (Å²) in [6.07, 6.45) is -0.731. The van der Waals surface area contributed by atoms with E-state index in [2.05, 4.69) is 10.6 Å². The van der Waals surface area contributed by atoms with Crippen molar-refractivity contribution in [3.8, 4) is 0 Å². The molecule has 0 radical (unpaired) electrons. The van der Waals surface area contributed by atoms with Gasteiger partial charge in [-0.2, -0.15) is 0 Å². The average molecular weight is 370 g/mol. The van der Waals surface area contributed by atoms with Crippen molar-refractivity contribution in [1.82, 2.24) is 10.6 Å². The summed E-state index contributed by atoms with van der Waals surface area (Å²) in [6, 6.07) is 13.6. The van der Waals surface area contributed by atoms with Gasteiger partial charge in [-0.05, 0) is 29.2 Å². The number of nitrogens with one attached hydrogen (secondary N) is 2. The van der Waals surface area contributed by atoms with Crippen molar-refractivity contribution in [2.24, 2.45) is 5.92 Å². The van der Waals surface area contributed by atoms with Crippen molar-refractivity contribution in [3.05, 3.63) is 48.0 Å². The van der Waals surface area contributed by atoms with Crippen LogP contribution in [0.2, 0.25) is 0 Å². The zero-order chi connectivity index (χ0) is 19.8. The van der Waals surface area contributed by atoms with Crippen LogP contribution in [0.4, 0.5) is 0 Å². The second-order valence-corrected chi connectivity index (χ2v) is 6.86. The standard InChI is InChI=1S/C21H26N2O4/c1-14(2)12-23-21(26)15(3)27-20(25)13-22-19(24)11-17-9-6-8-16-7-4-5-10-18(16)17/h4-10,14-15H,11-13H2,1-3H3,(H,22,24)(H,23,26)/t15-/m1/s1. The predicted molar refractivity (Wildman–Crippen MR) is 104 cm³/mol. The Balaban J connectivity index is 1.81. The Kier molecular flexibility index (Phi) is 7.34. The second-order valence-electron chi connectivity index (χ2n) is 6.86. The summed E-state index contributed by atoms with van der Waals surface area (Å²) in [6.45, 7) is 5.70. The van der Waals surface area contributed by atoms with Crippen LogP contribution in [-0.2, 0) is 25.5 Å². The lowest BCUT2D eigenvalue weighted by atomic mass is 10.0. The minimum Gasteiger partial charge on any atom is -0.451 e. The SMILES string of the molecule is CC(C)CNC(=O)[C@@H](C)OC(=O)CNC(=O)Cc1cccc2ccccc12. The van der Waals surface area contributed by atoms with Crippen molar-refractivity contribution in [3.63, 3.8) is 0 Å². The normalized spacial score (nSPS) is 11.9. The molecule has 0 aliphatic carbocycles. The third-order valence-corrected chi connectivity index (χ3v) is 4.02. The van der Waals surface area contributed by atoms with E-state index in [9.17, 15) is 14.4 Å². The molecule has 2 aromatic rings. The molecule has 0 saturated heterocycles. The van der Waals surface area contributed by atoms with Gasteiger partial charge < -0.3 is 15.4 Å². The Morgan fingerprint density at radius 1 is 0.963 bits per heavy atom. The number of carbonyl (C=O) groups is 3. The fourth-order valence-electron chi connectivity index (χ4n) is 2.59. The van der Waals surface area contributed by atoms with Gasteiger partial charge in [-0.1, -0.05) is 56.3 Å². The van der Waals surface area contributed by atoms with Crippen molar-refractivity contribution >= 4 is 28.6 Å². The minimum absolute atomic E-state index is 0.166. The summed E-state index contributed by atoms with van der Waals surface area (Å²) >= 11 is 0. The van der Waals surface area contributed by atoms with Crippen molar-refractivity contribution in [2.75, 3.05) is 13.1 Å². The number of hydrogen-bond acceptors (Lipinski definition) is 4. The fourth-order valence-corrected chi connectivity index (χ4v) is 2.59. The van der Waals surface area contributed by atoms with Crippen molar-refractivity contribution < 1.29 is 19.1 Å². The molecule has 0 aliphatic rings. The molecule has 0 unspecified atom stereocenters. The van der Waals surface area contributed by atoms with Crippen LogP contribution in [0.25, 0.3) is 10.8 Å². The van der Waals surface area contributed by atoms with Crippen LogP contribution in [0.1, 0.15) is 26.3 Å². The molecule has 0 spiro atoms. The number of amides is 2. The number of ether oxygens (including phenoxy) is 1. The molecule has 0 heterocycles. The zero-order valence-corrected chi connectivity index (χ0v) is 16.0. The molecule has 2 amide bonds. The van der Waals surface area contributed by atoms with Crippen LogP contribution >= 0.6 is 0 Å². The number of esters is 1. The van der Waals surface area contributed by atoms with Gasteiger partial charge in [0, 0.05) is 6.54 Å². The van der Waals surface area contributed by atoms with Gasteiger partial charge in [-0.15, -0.1) is 0 Å². The molecule has 144 valence electrons. The summed E-state index contributed by atoms with van der Waals surface area (Å²) in [4.78, 5) is 35.8. The summed E-state index contributed by atoms with van der Waals surface area (Å²) in [5, 5.41) is 7.31. The maximum Gasteiger partial charge on any atom is 0.326 e. The summed E-state index contributed by atoms with van der Waals surface area (Å²) < 4.78 is 5.05. The van der Waals surface area contributed by atoms with E-state index >= 15 is 0 Å². The molecule has 0 fully saturated rings. The minimum atomic E-state index is -0.897. The Bertz CT molecular complexity index is 811. The van der Waals surface area contributed by atoms with Gasteiger partial charge in [-0.25, -0.2) is 0 Å². The predicted octanol–water partition coefficient (Wildman–Crippen LogP) is 2.20. The van der Waals surface area contributed by atoms with E-state index < -0.39 is 12.1 Å². The second kappa shape index (κ2) is 9.71. The Labute approximate surface area is 159 Å². The molecule has 6 heteroatoms. The topological polar surface area (TPSA) is 84.5 Å². The lowest BCUT2D eigenvalue weighted by molar-refractivity contribution is -0.154. The average Bonchev–Trinajstić information content (AvgIpc) is 2.64. The molecule has 2 rings (SSSR count). The van der Waals surface area contributed by atoms with Gasteiger partial charge >= 0.3 is 5.97 Å². The van der Waals surface area contributed by atoms with Gasteiger partial charge in [0.15, 0.2) is 6.10 Å². The number of carbonyl (C=O) groups excluding carboxylic acids is 3. The molecule has 2 aromatic carbocycles. The van der Waals surface area contributed by atoms with Crippen LogP contribution in [-0.4, -0.2) is 37.0 Å². The molecular weight excluding hydrogens is 344 g/mol. The third kappa shape index (κ3) is 6.40. The van der Waals surface area contributed by atoms with Crippen molar-refractivity contribution in [1.29, 1.82) is 0 Å². The molecule has 1 atom stereocenters. The van der Waals surface area contributed by atoms with Crippen LogP contribution in [0.3, 0.4) is 0 Å². The monoisotopic (exact) mass is 370 g/mol. The number of benzene rings is 2. The van der Waals surface area contributed by atoms with Crippen LogP contribution in [0, 0.1) is 5.92 Å². The quantitative estimate of drug-likeness (QED) is 0.698. The highest BCUT2D eigenvalue weighted by Gasteiger charge is 2.18. The first-order valence-electron chi connectivity index (χ1n) is 9.07. The fraction of sp³-hybridized carbons (Fsp3) is 0.381. The summed E-state index contributed by atoms with van der Waals surface area (Å²) in [7, 11) is 0. The molecular formula is C21H26N2O4. The first-order chi connectivity index (χ1) is 12.9. The van der Waals surface area contributed by atoms with E-state index in [4.69, 9.17) is 4.74 Å². The zero-order valence-electron chi connectivity index (χ0n) is 16.0. The third-order valence-electron chi connectivity index (χ3n) is 4.02. The number of rotatable bonds is 8. The first kappa shape index (κ1) is 20.4. The highest BCUT2D eigenvalue weighted by Crippen LogP contribution is 2.18. The van der Waals surface area contributed by atoms with E-state index in [0.717, 1.165) is 16.3 Å². The molecule has 0 saturated carbocycles. The molecule has 0 bridgehead atoms. The van der Waals surface area contributed by atoms with Gasteiger partial charge in [0.25, 0.3) is 5.91 Å². The number of fused-ring (bicyclic) bond motifs is 1. The molecule has 0 aromatic heterocycles. The summed E-state index contributed by atoms with van der Waals surface area (Å²) in [5.74, 6) is -0.960. The maximum atomic E-state index is 12.2. The van der Waals surface area contributed by atoms with Gasteiger partial charge in [0.05, 0.1) is 6.42 Å². The molecule has 27 heavy (non-hydrogen) atoms. The number of hydrogen-bond donors (Lipinski definition) is 2. The van der Waals surface area contributed by atoms with Crippen LogP contribution < -0.4 is 10.6 Å². The maximum absolute atomic E-state index is 12.2. The highest BCUT2D eigenvalue weighted by atomic mass is 16.5. The van der Waals surface area contributed by atoms with Crippen LogP contribution in [0.5, 0.6) is 0 Å². The molecule has 6 nitrogen and oxygen atoms in total. The Hall–Kier alpha value is -2.89. The van der Waals surface area contributed by atoms with Crippen LogP contribution in [0.15, 0.2) is 42.5 Å². The molecule has 2 N–H and O–H groups in total. The van der Waals surface area contributed by atoms with E-state index in [-0.39, 0.29) is 24.8 Å². The lowest BCUT2D eigenvalue weighted by Gasteiger charge is -2.15. The van der Waals surface area contributed by atoms with E-state index in [1.165, 1.54) is 6.92 Å². The Morgan fingerprint density at radius 3 is 2.41 bits per heavy atom. The highest BCUT2D eigenvalue weighted by molar-refractivity contribution is 5.91. The van der Waals surface area contributed by atoms with E-state index in [1.807, 2.05) is 56.3 Å². The Morgan fingerprint density at radius 2 is 1.67 bits per heavy atom. The van der Waals surface area contributed by atoms with Gasteiger partial charge in [-0.3, -0.25) is 14.4 Å². The first-order valence-corrected chi connectivity index (χ1v) is 9.07. The van der Waals surface area contributed by atoms with Gasteiger partial charge in [0.2, 0.25) is 5.91 Å². The van der Waals surface area contributed by atoms with Gasteiger partial charge in [0.1, 0.15) is 6.54 Å². The van der Waals surface area contributed by atoms with Crippen molar-refractivity contribution in [2.45, 2.75) is 33.3 Å². The van der Waals surface area contributed by atoms with E-state index in [0.29, 0.717) is 12.5 Å². The smallest absolute Gasteiger partial charge is 0.326 e.